The van der Waals surface area contributed by atoms with E-state index < -0.39 is 41.9 Å². The number of nitrogens with two attached hydrogens (primary N) is 2. The van der Waals surface area contributed by atoms with E-state index in [0.717, 1.165) is 44.5 Å². The number of nitrogens with one attached hydrogen (secondary N) is 2. The number of phenols is 1. The molecule has 1 heterocycles. The number of nitrogens with zero attached hydrogens (tertiary/aromatic N) is 1. The minimum Gasteiger partial charge on any atom is -0.508 e. The standard InChI is InChI=1S/C37H47N5O5/c1-21-14-22(2)29(23(3)15-21)20-31(34(39)44)40-35(45)32(18-26-10-7-6-8-11-26)41-36(46)33-12-9-13-42(33)37(47)30(38)19-28-24(4)16-27(43)17-25(28)5/h6-8,10-11,14-17,30-33,43H,9,12-13,18-20,38H2,1-5H3,(H2,39,44)(H,40,45)(H,41,46)/t30-,31-,32-,33-/m0/s1. The van der Waals surface area contributed by atoms with Crippen LogP contribution in [0.15, 0.2) is 54.6 Å². The average molecular weight is 642 g/mol. The third-order valence-corrected chi connectivity index (χ3v) is 9.08. The van der Waals surface area contributed by atoms with Gasteiger partial charge in [0.2, 0.25) is 23.6 Å². The molecular weight excluding hydrogens is 594 g/mol. The largest absolute Gasteiger partial charge is 0.508 e. The third-order valence-electron chi connectivity index (χ3n) is 9.08. The molecule has 3 aromatic carbocycles. The Morgan fingerprint density at radius 2 is 1.40 bits per heavy atom. The first kappa shape index (κ1) is 35.2. The highest BCUT2D eigenvalue weighted by molar-refractivity contribution is 5.95. The Kier molecular flexibility index (Phi) is 11.4. The van der Waals surface area contributed by atoms with Gasteiger partial charge in [0.05, 0.1) is 6.04 Å². The molecule has 10 nitrogen and oxygen atoms in total. The number of carbonyl (C=O) groups excluding carboxylic acids is 4. The minimum absolute atomic E-state index is 0.150. The van der Waals surface area contributed by atoms with Crippen molar-refractivity contribution in [2.24, 2.45) is 11.5 Å². The molecule has 0 saturated carbocycles. The van der Waals surface area contributed by atoms with E-state index in [-0.39, 0.29) is 30.9 Å². The molecule has 250 valence electrons. The van der Waals surface area contributed by atoms with Crippen LogP contribution in [-0.4, -0.2) is 64.3 Å². The number of amides is 4. The summed E-state index contributed by atoms with van der Waals surface area (Å²) >= 11 is 0. The molecule has 0 aromatic heterocycles. The van der Waals surface area contributed by atoms with E-state index >= 15 is 0 Å². The summed E-state index contributed by atoms with van der Waals surface area (Å²) in [6.07, 6.45) is 1.69. The number of carbonyl (C=O) groups is 4. The zero-order valence-corrected chi connectivity index (χ0v) is 27.9. The summed E-state index contributed by atoms with van der Waals surface area (Å²) < 4.78 is 0. The number of aromatic hydroxyl groups is 1. The van der Waals surface area contributed by atoms with Crippen molar-refractivity contribution in [2.75, 3.05) is 6.54 Å². The summed E-state index contributed by atoms with van der Waals surface area (Å²) in [7, 11) is 0. The molecule has 47 heavy (non-hydrogen) atoms. The lowest BCUT2D eigenvalue weighted by molar-refractivity contribution is -0.140. The van der Waals surface area contributed by atoms with Gasteiger partial charge in [-0.15, -0.1) is 0 Å². The first-order chi connectivity index (χ1) is 22.2. The topological polar surface area (TPSA) is 168 Å². The second kappa shape index (κ2) is 15.3. The van der Waals surface area contributed by atoms with Crippen LogP contribution in [0.4, 0.5) is 0 Å². The van der Waals surface area contributed by atoms with E-state index in [1.54, 1.807) is 12.1 Å². The predicted octanol–water partition coefficient (Wildman–Crippen LogP) is 2.74. The minimum atomic E-state index is -1.03. The fourth-order valence-electron chi connectivity index (χ4n) is 6.67. The maximum Gasteiger partial charge on any atom is 0.243 e. The number of hydrogen-bond donors (Lipinski definition) is 5. The Morgan fingerprint density at radius 3 is 2.00 bits per heavy atom. The fraction of sp³-hybridized carbons (Fsp3) is 0.405. The molecule has 1 aliphatic rings. The van der Waals surface area contributed by atoms with Gasteiger partial charge in [-0.2, -0.15) is 0 Å². The summed E-state index contributed by atoms with van der Waals surface area (Å²) in [6, 6.07) is 12.9. The van der Waals surface area contributed by atoms with E-state index in [0.29, 0.717) is 19.4 Å². The summed E-state index contributed by atoms with van der Waals surface area (Å²) in [5.74, 6) is -1.88. The third kappa shape index (κ3) is 8.77. The lowest BCUT2D eigenvalue weighted by Gasteiger charge is -2.29. The molecule has 1 aliphatic heterocycles. The molecule has 0 bridgehead atoms. The van der Waals surface area contributed by atoms with Crippen LogP contribution < -0.4 is 22.1 Å². The van der Waals surface area contributed by atoms with Gasteiger partial charge in [-0.1, -0.05) is 48.0 Å². The zero-order chi connectivity index (χ0) is 34.4. The van der Waals surface area contributed by atoms with Crippen LogP contribution in [0.2, 0.25) is 0 Å². The molecule has 3 aromatic rings. The monoisotopic (exact) mass is 641 g/mol. The maximum atomic E-state index is 13.8. The summed E-state index contributed by atoms with van der Waals surface area (Å²) in [5.41, 5.74) is 19.5. The van der Waals surface area contributed by atoms with Crippen molar-refractivity contribution in [1.29, 1.82) is 0 Å². The lowest BCUT2D eigenvalue weighted by Crippen LogP contribution is -2.58. The van der Waals surface area contributed by atoms with Gasteiger partial charge in [0.25, 0.3) is 0 Å². The SMILES string of the molecule is Cc1cc(C)c(C[C@H](NC(=O)[C@H](Cc2ccccc2)NC(=O)[C@@H]2CCCN2C(=O)[C@@H](N)Cc2c(C)cc(O)cc2C)C(N)=O)c(C)c1. The molecule has 1 fully saturated rings. The first-order valence-electron chi connectivity index (χ1n) is 16.1. The van der Waals surface area contributed by atoms with Gasteiger partial charge in [-0.3, -0.25) is 19.2 Å². The lowest BCUT2D eigenvalue weighted by atomic mass is 9.94. The van der Waals surface area contributed by atoms with E-state index in [1.165, 1.54) is 4.90 Å². The van der Waals surface area contributed by atoms with Crippen LogP contribution in [0.3, 0.4) is 0 Å². The van der Waals surface area contributed by atoms with Crippen LogP contribution >= 0.6 is 0 Å². The average Bonchev–Trinajstić information content (AvgIpc) is 3.50. The molecule has 4 rings (SSSR count). The highest BCUT2D eigenvalue weighted by Crippen LogP contribution is 2.24. The van der Waals surface area contributed by atoms with Crippen LogP contribution in [0.25, 0.3) is 0 Å². The molecule has 0 aliphatic carbocycles. The summed E-state index contributed by atoms with van der Waals surface area (Å²) in [4.78, 5) is 55.2. The van der Waals surface area contributed by atoms with Gasteiger partial charge in [0, 0.05) is 19.4 Å². The number of hydrogen-bond acceptors (Lipinski definition) is 6. The van der Waals surface area contributed by atoms with Gasteiger partial charge < -0.3 is 32.1 Å². The van der Waals surface area contributed by atoms with E-state index in [2.05, 4.69) is 10.6 Å². The van der Waals surface area contributed by atoms with Crippen LogP contribution in [0, 0.1) is 34.6 Å². The van der Waals surface area contributed by atoms with E-state index in [4.69, 9.17) is 11.5 Å². The van der Waals surface area contributed by atoms with Gasteiger partial charge in [0.15, 0.2) is 0 Å². The first-order valence-corrected chi connectivity index (χ1v) is 16.1. The molecule has 0 radical (unpaired) electrons. The quantitative estimate of drug-likeness (QED) is 0.204. The highest BCUT2D eigenvalue weighted by atomic mass is 16.3. The van der Waals surface area contributed by atoms with Crippen molar-refractivity contribution >= 4 is 23.6 Å². The number of phenolic OH excluding ortho intramolecular Hbond substituents is 1. The highest BCUT2D eigenvalue weighted by Gasteiger charge is 2.38. The van der Waals surface area contributed by atoms with Crippen molar-refractivity contribution in [3.05, 3.63) is 99.1 Å². The number of aryl methyl sites for hydroxylation is 5. The second-order valence-electron chi connectivity index (χ2n) is 12.9. The number of benzene rings is 3. The van der Waals surface area contributed by atoms with Gasteiger partial charge in [0.1, 0.15) is 23.9 Å². The van der Waals surface area contributed by atoms with Crippen LogP contribution in [-0.2, 0) is 38.4 Å². The van der Waals surface area contributed by atoms with Crippen molar-refractivity contribution in [3.8, 4) is 5.75 Å². The smallest absolute Gasteiger partial charge is 0.243 e. The summed E-state index contributed by atoms with van der Waals surface area (Å²) in [6.45, 7) is 10.00. The van der Waals surface area contributed by atoms with Crippen molar-refractivity contribution in [2.45, 2.75) is 90.9 Å². The van der Waals surface area contributed by atoms with Crippen molar-refractivity contribution in [3.63, 3.8) is 0 Å². The van der Waals surface area contributed by atoms with Gasteiger partial charge >= 0.3 is 0 Å². The van der Waals surface area contributed by atoms with E-state index in [9.17, 15) is 24.3 Å². The second-order valence-corrected chi connectivity index (χ2v) is 12.9. The number of likely N-dealkylation sites (tertiary alicyclic amines) is 1. The molecule has 7 N–H and O–H groups in total. The zero-order valence-electron chi connectivity index (χ0n) is 27.9. The predicted molar refractivity (Wildman–Crippen MR) is 182 cm³/mol. The van der Waals surface area contributed by atoms with Crippen molar-refractivity contribution in [1.82, 2.24) is 15.5 Å². The number of rotatable bonds is 12. The van der Waals surface area contributed by atoms with Crippen LogP contribution in [0.5, 0.6) is 5.75 Å². The number of primary amides is 1. The Hall–Kier alpha value is -4.70. The molecule has 4 amide bonds. The molecule has 0 unspecified atom stereocenters. The van der Waals surface area contributed by atoms with Gasteiger partial charge in [-0.05, 0) is 105 Å². The Bertz CT molecular complexity index is 1590. The molecule has 1 saturated heterocycles. The molecule has 10 heteroatoms. The fourth-order valence-corrected chi connectivity index (χ4v) is 6.67. The normalized spacial score (nSPS) is 16.3. The maximum absolute atomic E-state index is 13.8. The van der Waals surface area contributed by atoms with Crippen LogP contribution in [0.1, 0.15) is 57.3 Å². The Morgan fingerprint density at radius 1 is 0.830 bits per heavy atom. The Balaban J connectivity index is 1.51. The molecule has 4 atom stereocenters. The van der Waals surface area contributed by atoms with E-state index in [1.807, 2.05) is 77.1 Å². The molecular formula is C37H47N5O5. The van der Waals surface area contributed by atoms with Gasteiger partial charge in [-0.25, -0.2) is 0 Å². The molecule has 0 spiro atoms. The Labute approximate surface area is 276 Å². The van der Waals surface area contributed by atoms with Crippen molar-refractivity contribution < 1.29 is 24.3 Å². The summed E-state index contributed by atoms with van der Waals surface area (Å²) in [5, 5.41) is 15.6.